The molecular weight excluding hydrogens is 476 g/mol. The Morgan fingerprint density at radius 1 is 1.17 bits per heavy atom. The second-order valence-electron chi connectivity index (χ2n) is 9.23. The van der Waals surface area contributed by atoms with E-state index in [1.165, 1.54) is 25.0 Å². The Labute approximate surface area is 208 Å². The number of imide groups is 1. The van der Waals surface area contributed by atoms with E-state index in [0.29, 0.717) is 16.7 Å². The molecule has 2 aliphatic rings. The molecule has 178 valence electrons. The Bertz CT molecular complexity index is 1250. The van der Waals surface area contributed by atoms with Gasteiger partial charge in [-0.1, -0.05) is 35.9 Å². The van der Waals surface area contributed by atoms with Crippen LogP contribution in [0.15, 0.2) is 42.5 Å². The molecule has 0 radical (unpaired) electrons. The van der Waals surface area contributed by atoms with Gasteiger partial charge in [0.25, 0.3) is 11.8 Å². The summed E-state index contributed by atoms with van der Waals surface area (Å²) < 4.78 is 29.0. The van der Waals surface area contributed by atoms with Crippen LogP contribution in [0.3, 0.4) is 0 Å². The predicted octanol–water partition coefficient (Wildman–Crippen LogP) is -0.238. The Balaban J connectivity index is 1.49. The van der Waals surface area contributed by atoms with Gasteiger partial charge >= 0.3 is 5.92 Å². The zero-order valence-electron chi connectivity index (χ0n) is 19.4. The summed E-state index contributed by atoms with van der Waals surface area (Å²) in [5.41, 5.74) is -0.120. The average Bonchev–Trinajstić information content (AvgIpc) is 3.16. The lowest BCUT2D eigenvalue weighted by Crippen LogP contribution is -2.65. The Hall–Kier alpha value is -3.14. The summed E-state index contributed by atoms with van der Waals surface area (Å²) in [5, 5.41) is 2.52. The van der Waals surface area contributed by atoms with Crippen molar-refractivity contribution in [3.8, 4) is 0 Å². The second kappa shape index (κ2) is 8.82. The minimum Gasteiger partial charge on any atom is -0.346 e. The molecule has 4 amide bonds. The molecule has 2 aromatic carbocycles. The fourth-order valence-corrected chi connectivity index (χ4v) is 4.88. The molecule has 2 aliphatic heterocycles. The van der Waals surface area contributed by atoms with Crippen LogP contribution in [0.1, 0.15) is 33.5 Å². The van der Waals surface area contributed by atoms with Gasteiger partial charge < -0.3 is 15.0 Å². The summed E-state index contributed by atoms with van der Waals surface area (Å²) >= 11 is 5.73. The van der Waals surface area contributed by atoms with Gasteiger partial charge in [-0.25, -0.2) is 0 Å². The summed E-state index contributed by atoms with van der Waals surface area (Å²) in [4.78, 5) is 53.0. The van der Waals surface area contributed by atoms with E-state index >= 15 is 0 Å². The molecule has 0 aromatic heterocycles. The molecule has 1 unspecified atom stereocenters. The maximum absolute atomic E-state index is 14.5. The maximum Gasteiger partial charge on any atom is 0.349 e. The predicted molar refractivity (Wildman–Crippen MR) is 132 cm³/mol. The minimum absolute atomic E-state index is 0.133. The van der Waals surface area contributed by atoms with Crippen molar-refractivity contribution in [1.82, 2.24) is 15.0 Å². The van der Waals surface area contributed by atoms with Crippen molar-refractivity contribution in [3.05, 3.63) is 69.7 Å². The monoisotopic (exact) mass is 497 g/mol. The van der Waals surface area contributed by atoms with Crippen LogP contribution in [0.25, 0.3) is 0 Å². The van der Waals surface area contributed by atoms with Gasteiger partial charge in [0.15, 0.2) is 0 Å². The van der Waals surface area contributed by atoms with Gasteiger partial charge in [-0.3, -0.25) is 19.2 Å². The number of carbonyl (C=O) groups excluding carboxylic acids is 4. The second-order valence-corrected chi connectivity index (χ2v) is 9.66. The molecule has 13 heteroatoms. The number of hydrogen-bond acceptors (Lipinski definition) is 4. The molecule has 0 bridgehead atoms. The number of nitrogens with zero attached hydrogens (tertiary/aromatic N) is 2. The lowest BCUT2D eigenvalue weighted by molar-refractivity contribution is -0.148. The largest absolute Gasteiger partial charge is 0.349 e. The molecule has 7 nitrogen and oxygen atoms in total. The third kappa shape index (κ3) is 4.24. The number of hydrogen-bond donors (Lipinski definition) is 1. The number of nitrogens with one attached hydrogen (secondary N) is 1. The summed E-state index contributed by atoms with van der Waals surface area (Å²) in [6.45, 7) is -0.0398. The molecule has 2 atom stereocenters. The third-order valence-electron chi connectivity index (χ3n) is 6.74. The standard InChI is InChI=1S/C22H21B3ClF2N3O4/c23-16-8-21(24,20(35)31(25)18(16)33)30-10-12-7-11(1-6-15(12)17(30)32)9-29-19(34)22(27,28)13-2-4-14(26)5-3-13/h1-7,16H,8-10,23-25H2,(H,29,34)/t16?,21-/m1/s1. The van der Waals surface area contributed by atoms with Crippen molar-refractivity contribution in [1.29, 1.82) is 0 Å². The smallest absolute Gasteiger partial charge is 0.346 e. The maximum atomic E-state index is 14.5. The first kappa shape index (κ1) is 25.0. The van der Waals surface area contributed by atoms with Gasteiger partial charge in [-0.15, -0.1) is 0 Å². The van der Waals surface area contributed by atoms with E-state index < -0.39 is 34.6 Å². The molecule has 0 saturated carbocycles. The highest BCUT2D eigenvalue weighted by molar-refractivity contribution is 6.42. The lowest BCUT2D eigenvalue weighted by Gasteiger charge is -2.45. The Kier molecular flexibility index (Phi) is 6.29. The number of carbonyl (C=O) groups is 4. The summed E-state index contributed by atoms with van der Waals surface area (Å²) in [5.74, 6) is -6.70. The molecule has 1 fully saturated rings. The van der Waals surface area contributed by atoms with Crippen molar-refractivity contribution in [2.24, 2.45) is 0 Å². The van der Waals surface area contributed by atoms with Crippen LogP contribution in [-0.4, -0.2) is 62.5 Å². The van der Waals surface area contributed by atoms with Crippen LogP contribution in [-0.2, 0) is 33.4 Å². The van der Waals surface area contributed by atoms with E-state index in [1.807, 2.05) is 0 Å². The van der Waals surface area contributed by atoms with Gasteiger partial charge in [0, 0.05) is 35.1 Å². The highest BCUT2D eigenvalue weighted by Crippen LogP contribution is 2.37. The van der Waals surface area contributed by atoms with Crippen LogP contribution < -0.4 is 5.32 Å². The normalized spacial score (nSPS) is 22.4. The van der Waals surface area contributed by atoms with E-state index in [4.69, 9.17) is 11.6 Å². The van der Waals surface area contributed by atoms with Gasteiger partial charge in [0.05, 0.1) is 5.44 Å². The molecule has 2 aromatic rings. The van der Waals surface area contributed by atoms with Gasteiger partial charge in [0.1, 0.15) is 15.7 Å². The van der Waals surface area contributed by atoms with Gasteiger partial charge in [-0.05, 0) is 35.7 Å². The number of benzene rings is 2. The number of alkyl halides is 2. The first-order valence-corrected chi connectivity index (χ1v) is 11.4. The summed E-state index contributed by atoms with van der Waals surface area (Å²) in [6, 6.07) is 9.55. The SMILES string of the molecule is BC1C[C@@](B)(N2Cc3cc(CNC(=O)C(F)(F)c4ccc(Cl)cc4)ccc3C2=O)C(=O)N(B)C1=O. The van der Waals surface area contributed by atoms with Crippen LogP contribution in [0, 0.1) is 0 Å². The van der Waals surface area contributed by atoms with E-state index in [0.717, 1.165) is 16.9 Å². The first-order valence-electron chi connectivity index (χ1n) is 11.0. The van der Waals surface area contributed by atoms with E-state index in [-0.39, 0.29) is 36.3 Å². The highest BCUT2D eigenvalue weighted by atomic mass is 35.5. The van der Waals surface area contributed by atoms with E-state index in [1.54, 1.807) is 33.9 Å². The molecular formula is C22H21B3ClF2N3O4. The average molecular weight is 497 g/mol. The Morgan fingerprint density at radius 2 is 1.83 bits per heavy atom. The number of piperidine rings is 1. The van der Waals surface area contributed by atoms with Crippen molar-refractivity contribution < 1.29 is 28.0 Å². The molecule has 0 aliphatic carbocycles. The van der Waals surface area contributed by atoms with Crippen molar-refractivity contribution >= 4 is 58.9 Å². The van der Waals surface area contributed by atoms with Crippen LogP contribution in [0.5, 0.6) is 0 Å². The molecule has 4 rings (SSSR count). The van der Waals surface area contributed by atoms with Gasteiger partial charge in [-0.2, -0.15) is 8.78 Å². The summed E-state index contributed by atoms with van der Waals surface area (Å²) in [7, 11) is 4.78. The van der Waals surface area contributed by atoms with E-state index in [9.17, 15) is 28.0 Å². The van der Waals surface area contributed by atoms with Crippen molar-refractivity contribution in [2.45, 2.75) is 36.7 Å². The minimum atomic E-state index is -3.75. The molecule has 2 heterocycles. The Morgan fingerprint density at radius 3 is 2.49 bits per heavy atom. The number of amides is 4. The fourth-order valence-electron chi connectivity index (χ4n) is 4.75. The molecule has 0 spiro atoms. The molecule has 1 N–H and O–H groups in total. The zero-order chi connectivity index (χ0) is 25.7. The topological polar surface area (TPSA) is 86.8 Å². The fraction of sp³-hybridized carbons (Fsp3) is 0.273. The summed E-state index contributed by atoms with van der Waals surface area (Å²) in [6.07, 6.45) is 0.206. The number of fused-ring (bicyclic) bond motifs is 1. The highest BCUT2D eigenvalue weighted by Gasteiger charge is 2.52. The van der Waals surface area contributed by atoms with Crippen LogP contribution in [0.4, 0.5) is 8.78 Å². The quantitative estimate of drug-likeness (QED) is 0.457. The van der Waals surface area contributed by atoms with Crippen LogP contribution >= 0.6 is 11.6 Å². The lowest BCUT2D eigenvalue weighted by atomic mass is 9.61. The third-order valence-corrected chi connectivity index (χ3v) is 6.99. The van der Waals surface area contributed by atoms with E-state index in [2.05, 4.69) is 5.32 Å². The van der Waals surface area contributed by atoms with Crippen molar-refractivity contribution in [2.75, 3.05) is 0 Å². The van der Waals surface area contributed by atoms with Crippen LogP contribution in [0.2, 0.25) is 10.8 Å². The van der Waals surface area contributed by atoms with Gasteiger partial charge in [0.2, 0.25) is 19.8 Å². The zero-order valence-corrected chi connectivity index (χ0v) is 20.2. The molecule has 1 saturated heterocycles. The first-order chi connectivity index (χ1) is 16.4. The molecule has 35 heavy (non-hydrogen) atoms. The number of rotatable bonds is 5. The van der Waals surface area contributed by atoms with Crippen molar-refractivity contribution in [3.63, 3.8) is 0 Å². The number of halogens is 3.